The summed E-state index contributed by atoms with van der Waals surface area (Å²) in [7, 11) is 0. The Morgan fingerprint density at radius 2 is 1.80 bits per heavy atom. The van der Waals surface area contributed by atoms with Crippen LogP contribution in [0.3, 0.4) is 0 Å². The number of aliphatic hydroxyl groups is 1. The number of hydrogen-bond donors (Lipinski definition) is 2. The zero-order valence-corrected chi connectivity index (χ0v) is 11.2. The van der Waals surface area contributed by atoms with Crippen LogP contribution in [-0.4, -0.2) is 11.7 Å². The van der Waals surface area contributed by atoms with Crippen LogP contribution in [0.5, 0.6) is 0 Å². The summed E-state index contributed by atoms with van der Waals surface area (Å²) in [5.41, 5.74) is 1.18. The minimum absolute atomic E-state index is 0.0364. The lowest BCUT2D eigenvalue weighted by molar-refractivity contribution is 0.166. The van der Waals surface area contributed by atoms with Gasteiger partial charge in [0.1, 0.15) is 11.6 Å². The van der Waals surface area contributed by atoms with Crippen LogP contribution >= 0.6 is 0 Å². The van der Waals surface area contributed by atoms with Crippen molar-refractivity contribution in [1.82, 2.24) is 5.32 Å². The molecular formula is C16H17F2NO. The van der Waals surface area contributed by atoms with E-state index in [1.165, 1.54) is 6.07 Å². The van der Waals surface area contributed by atoms with Gasteiger partial charge in [-0.05, 0) is 18.6 Å². The Morgan fingerprint density at radius 1 is 1.10 bits per heavy atom. The van der Waals surface area contributed by atoms with Gasteiger partial charge in [-0.1, -0.05) is 36.4 Å². The lowest BCUT2D eigenvalue weighted by atomic mass is 10.1. The molecule has 2 rings (SSSR count). The first-order chi connectivity index (χ1) is 9.58. The van der Waals surface area contributed by atoms with Crippen molar-refractivity contribution in [3.05, 3.63) is 71.3 Å². The molecule has 0 saturated heterocycles. The highest BCUT2D eigenvalue weighted by Gasteiger charge is 2.14. The summed E-state index contributed by atoms with van der Waals surface area (Å²) < 4.78 is 26.3. The van der Waals surface area contributed by atoms with Gasteiger partial charge in [-0.15, -0.1) is 0 Å². The molecular weight excluding hydrogens is 260 g/mol. The third-order valence-electron chi connectivity index (χ3n) is 3.24. The largest absolute Gasteiger partial charge is 0.387 e. The highest BCUT2D eigenvalue weighted by atomic mass is 19.1. The molecule has 0 saturated carbocycles. The van der Waals surface area contributed by atoms with E-state index in [1.54, 1.807) is 0 Å². The Labute approximate surface area is 117 Å². The van der Waals surface area contributed by atoms with Gasteiger partial charge in [-0.25, -0.2) is 8.78 Å². The normalized spacial score (nSPS) is 14.0. The lowest BCUT2D eigenvalue weighted by Gasteiger charge is -2.18. The third kappa shape index (κ3) is 3.62. The van der Waals surface area contributed by atoms with Crippen molar-refractivity contribution >= 4 is 0 Å². The first kappa shape index (κ1) is 14.6. The second-order valence-electron chi connectivity index (χ2n) is 4.72. The Hall–Kier alpha value is -1.78. The van der Waals surface area contributed by atoms with Crippen molar-refractivity contribution < 1.29 is 13.9 Å². The quantitative estimate of drug-likeness (QED) is 0.878. The van der Waals surface area contributed by atoms with Gasteiger partial charge in [-0.2, -0.15) is 0 Å². The van der Waals surface area contributed by atoms with Gasteiger partial charge in [0.05, 0.1) is 6.10 Å². The van der Waals surface area contributed by atoms with Gasteiger partial charge >= 0.3 is 0 Å². The van der Waals surface area contributed by atoms with Crippen molar-refractivity contribution in [3.63, 3.8) is 0 Å². The number of hydrogen-bond acceptors (Lipinski definition) is 2. The molecule has 0 amide bonds. The average molecular weight is 277 g/mol. The van der Waals surface area contributed by atoms with Crippen LogP contribution in [0.4, 0.5) is 8.78 Å². The van der Waals surface area contributed by atoms with E-state index < -0.39 is 17.7 Å². The van der Waals surface area contributed by atoms with Crippen molar-refractivity contribution in [2.24, 2.45) is 0 Å². The maximum absolute atomic E-state index is 13.5. The Balaban J connectivity index is 1.96. The number of nitrogens with one attached hydrogen (secondary N) is 1. The SMILES string of the molecule is CC(NCC(O)c1ccc(F)cc1F)c1ccccc1. The van der Waals surface area contributed by atoms with Gasteiger partial charge in [-0.3, -0.25) is 0 Å². The summed E-state index contributed by atoms with van der Waals surface area (Å²) in [4.78, 5) is 0. The second-order valence-corrected chi connectivity index (χ2v) is 4.72. The molecule has 106 valence electrons. The topological polar surface area (TPSA) is 32.3 Å². The van der Waals surface area contributed by atoms with Crippen molar-refractivity contribution in [1.29, 1.82) is 0 Å². The lowest BCUT2D eigenvalue weighted by Crippen LogP contribution is -2.25. The standard InChI is InChI=1S/C16H17F2NO/c1-11(12-5-3-2-4-6-12)19-10-16(20)14-8-7-13(17)9-15(14)18/h2-9,11,16,19-20H,10H2,1H3. The Kier molecular flexibility index (Phi) is 4.82. The molecule has 2 aromatic carbocycles. The molecule has 0 aromatic heterocycles. The van der Waals surface area contributed by atoms with E-state index in [1.807, 2.05) is 37.3 Å². The molecule has 0 bridgehead atoms. The summed E-state index contributed by atoms with van der Waals surface area (Å²) in [5.74, 6) is -1.38. The van der Waals surface area contributed by atoms with E-state index in [4.69, 9.17) is 0 Å². The van der Waals surface area contributed by atoms with Gasteiger partial charge in [0.2, 0.25) is 0 Å². The highest BCUT2D eigenvalue weighted by molar-refractivity contribution is 5.22. The van der Waals surface area contributed by atoms with Crippen LogP contribution in [0.25, 0.3) is 0 Å². The van der Waals surface area contributed by atoms with E-state index in [0.29, 0.717) is 0 Å². The molecule has 2 unspecified atom stereocenters. The Morgan fingerprint density at radius 3 is 2.45 bits per heavy atom. The van der Waals surface area contributed by atoms with Gasteiger partial charge in [0.15, 0.2) is 0 Å². The summed E-state index contributed by atoms with van der Waals surface area (Å²) in [6.07, 6.45) is -1.01. The minimum atomic E-state index is -1.01. The van der Waals surface area contributed by atoms with E-state index >= 15 is 0 Å². The predicted octanol–water partition coefficient (Wildman–Crippen LogP) is 3.35. The highest BCUT2D eigenvalue weighted by Crippen LogP contribution is 2.19. The molecule has 4 heteroatoms. The molecule has 0 spiro atoms. The fraction of sp³-hybridized carbons (Fsp3) is 0.250. The van der Waals surface area contributed by atoms with Gasteiger partial charge in [0.25, 0.3) is 0 Å². The van der Waals surface area contributed by atoms with Crippen LogP contribution in [0.1, 0.15) is 30.2 Å². The number of benzene rings is 2. The van der Waals surface area contributed by atoms with E-state index in [9.17, 15) is 13.9 Å². The third-order valence-corrected chi connectivity index (χ3v) is 3.24. The van der Waals surface area contributed by atoms with Crippen LogP contribution < -0.4 is 5.32 Å². The zero-order chi connectivity index (χ0) is 14.5. The fourth-order valence-corrected chi connectivity index (χ4v) is 2.03. The van der Waals surface area contributed by atoms with E-state index in [0.717, 1.165) is 17.7 Å². The second kappa shape index (κ2) is 6.59. The first-order valence-electron chi connectivity index (χ1n) is 6.49. The minimum Gasteiger partial charge on any atom is -0.387 e. The molecule has 0 aliphatic heterocycles. The predicted molar refractivity (Wildman–Crippen MR) is 74.2 cm³/mol. The smallest absolute Gasteiger partial charge is 0.131 e. The molecule has 2 N–H and O–H groups in total. The number of aliphatic hydroxyl groups excluding tert-OH is 1. The molecule has 0 aliphatic rings. The fourth-order valence-electron chi connectivity index (χ4n) is 2.03. The number of rotatable bonds is 5. The van der Waals surface area contributed by atoms with E-state index in [2.05, 4.69) is 5.32 Å². The molecule has 0 radical (unpaired) electrons. The molecule has 2 nitrogen and oxygen atoms in total. The monoisotopic (exact) mass is 277 g/mol. The van der Waals surface area contributed by atoms with Gasteiger partial charge in [0, 0.05) is 24.2 Å². The molecule has 0 aliphatic carbocycles. The Bertz CT molecular complexity index is 560. The average Bonchev–Trinajstić information content (AvgIpc) is 2.45. The summed E-state index contributed by atoms with van der Waals surface area (Å²) in [5, 5.41) is 13.1. The molecule has 20 heavy (non-hydrogen) atoms. The summed E-state index contributed by atoms with van der Waals surface area (Å²) >= 11 is 0. The summed E-state index contributed by atoms with van der Waals surface area (Å²) in [6.45, 7) is 2.15. The van der Waals surface area contributed by atoms with Crippen LogP contribution in [0.15, 0.2) is 48.5 Å². The molecule has 2 aromatic rings. The summed E-state index contributed by atoms with van der Waals surface area (Å²) in [6, 6.07) is 13.0. The van der Waals surface area contributed by atoms with Crippen LogP contribution in [0, 0.1) is 11.6 Å². The molecule has 2 atom stereocenters. The van der Waals surface area contributed by atoms with Crippen molar-refractivity contribution in [3.8, 4) is 0 Å². The molecule has 0 fully saturated rings. The van der Waals surface area contributed by atoms with Crippen LogP contribution in [0.2, 0.25) is 0 Å². The maximum atomic E-state index is 13.5. The van der Waals surface area contributed by atoms with Gasteiger partial charge < -0.3 is 10.4 Å². The molecule has 0 heterocycles. The first-order valence-corrected chi connectivity index (χ1v) is 6.49. The van der Waals surface area contributed by atoms with Crippen molar-refractivity contribution in [2.45, 2.75) is 19.1 Å². The van der Waals surface area contributed by atoms with Crippen molar-refractivity contribution in [2.75, 3.05) is 6.54 Å². The maximum Gasteiger partial charge on any atom is 0.131 e. The van der Waals surface area contributed by atoms with Crippen LogP contribution in [-0.2, 0) is 0 Å². The number of halogens is 2. The zero-order valence-electron chi connectivity index (χ0n) is 11.2. The van der Waals surface area contributed by atoms with E-state index in [-0.39, 0.29) is 18.2 Å².